The normalized spacial score (nSPS) is 15.7. The number of hydrogen-bond acceptors (Lipinski definition) is 9. The molecule has 4 aromatic carbocycles. The van der Waals surface area contributed by atoms with E-state index in [2.05, 4.69) is 36.2 Å². The highest BCUT2D eigenvalue weighted by molar-refractivity contribution is 6.02. The van der Waals surface area contributed by atoms with E-state index in [-0.39, 0.29) is 17.4 Å². The third-order valence-corrected chi connectivity index (χ3v) is 8.41. The molecule has 0 radical (unpaired) electrons. The number of carbonyl (C=O) groups is 1. The number of anilines is 2. The molecule has 3 heterocycles. The van der Waals surface area contributed by atoms with Crippen molar-refractivity contribution in [1.82, 2.24) is 35.3 Å². The third-order valence-electron chi connectivity index (χ3n) is 8.41. The standard InChI is InChI=1S/C35H33N9O3/c1-22-8-14-32(45)30(16-22)43-20-26(38-40-43)18-36-25-12-10-24(11-13-25)35(3)37-34(47)28-6-4-5-7-29(28)42(35)19-27-21-44(41-39-27)31-17-23(2)9-15-33(31)46/h4-17,20-21,36,45-46H,18-19H2,1-3H3,(H,37,47). The number of aryl methyl sites for hydroxylation is 2. The molecular weight excluding hydrogens is 594 g/mol. The van der Waals surface area contributed by atoms with Gasteiger partial charge in [-0.05, 0) is 86.0 Å². The molecule has 1 unspecified atom stereocenters. The van der Waals surface area contributed by atoms with E-state index in [1.54, 1.807) is 33.9 Å². The lowest BCUT2D eigenvalue weighted by Crippen LogP contribution is -2.59. The van der Waals surface area contributed by atoms with Crippen molar-refractivity contribution in [2.75, 3.05) is 10.2 Å². The zero-order valence-corrected chi connectivity index (χ0v) is 26.1. The summed E-state index contributed by atoms with van der Waals surface area (Å²) in [4.78, 5) is 15.5. The summed E-state index contributed by atoms with van der Waals surface area (Å²) in [7, 11) is 0. The van der Waals surface area contributed by atoms with Crippen molar-refractivity contribution >= 4 is 17.3 Å². The van der Waals surface area contributed by atoms with Gasteiger partial charge in [0.1, 0.15) is 39.9 Å². The first-order valence-electron chi connectivity index (χ1n) is 15.1. The van der Waals surface area contributed by atoms with E-state index in [0.29, 0.717) is 41.4 Å². The summed E-state index contributed by atoms with van der Waals surface area (Å²) in [5, 5.41) is 44.4. The monoisotopic (exact) mass is 627 g/mol. The van der Waals surface area contributed by atoms with Crippen LogP contribution in [0.15, 0.2) is 97.3 Å². The number of benzene rings is 4. The van der Waals surface area contributed by atoms with Crippen molar-refractivity contribution in [2.45, 2.75) is 39.5 Å². The molecule has 0 fully saturated rings. The van der Waals surface area contributed by atoms with Gasteiger partial charge in [0.25, 0.3) is 5.91 Å². The van der Waals surface area contributed by atoms with Gasteiger partial charge in [-0.3, -0.25) is 4.79 Å². The predicted octanol–water partition coefficient (Wildman–Crippen LogP) is 5.11. The smallest absolute Gasteiger partial charge is 0.255 e. The summed E-state index contributed by atoms with van der Waals surface area (Å²) in [5.74, 6) is 0.0692. The first kappa shape index (κ1) is 29.5. The lowest BCUT2D eigenvalue weighted by molar-refractivity contribution is 0.0885. The summed E-state index contributed by atoms with van der Waals surface area (Å²) < 4.78 is 3.12. The van der Waals surface area contributed by atoms with Crippen LogP contribution >= 0.6 is 0 Å². The van der Waals surface area contributed by atoms with Crippen molar-refractivity contribution < 1.29 is 15.0 Å². The number of amides is 1. The van der Waals surface area contributed by atoms with Crippen LogP contribution in [-0.4, -0.2) is 46.1 Å². The number of hydrogen-bond donors (Lipinski definition) is 4. The minimum Gasteiger partial charge on any atom is -0.506 e. The first-order valence-corrected chi connectivity index (χ1v) is 15.1. The maximum absolute atomic E-state index is 13.4. The highest BCUT2D eigenvalue weighted by atomic mass is 16.3. The van der Waals surface area contributed by atoms with Gasteiger partial charge in [0, 0.05) is 5.69 Å². The highest BCUT2D eigenvalue weighted by Gasteiger charge is 2.42. The van der Waals surface area contributed by atoms with Gasteiger partial charge in [-0.15, -0.1) is 10.2 Å². The van der Waals surface area contributed by atoms with Crippen LogP contribution in [0.3, 0.4) is 0 Å². The van der Waals surface area contributed by atoms with Gasteiger partial charge in [0.2, 0.25) is 0 Å². The molecule has 2 aromatic heterocycles. The Kier molecular flexibility index (Phi) is 7.31. The minimum absolute atomic E-state index is 0.108. The van der Waals surface area contributed by atoms with E-state index in [9.17, 15) is 15.0 Å². The second-order valence-electron chi connectivity index (χ2n) is 11.9. The predicted molar refractivity (Wildman–Crippen MR) is 177 cm³/mol. The van der Waals surface area contributed by atoms with Crippen LogP contribution in [0.2, 0.25) is 0 Å². The van der Waals surface area contributed by atoms with Crippen molar-refractivity contribution in [3.63, 3.8) is 0 Å². The molecule has 7 rings (SSSR count). The van der Waals surface area contributed by atoms with Crippen molar-refractivity contribution in [3.8, 4) is 22.9 Å². The maximum atomic E-state index is 13.4. The van der Waals surface area contributed by atoms with Gasteiger partial charge in [0.15, 0.2) is 0 Å². The number of aromatic hydroxyl groups is 2. The molecule has 0 bridgehead atoms. The molecule has 1 aliphatic heterocycles. The second-order valence-corrected chi connectivity index (χ2v) is 11.9. The number of aromatic nitrogens is 6. The summed E-state index contributed by atoms with van der Waals surface area (Å²) in [6.45, 7) is 6.63. The van der Waals surface area contributed by atoms with Crippen LogP contribution in [-0.2, 0) is 18.8 Å². The fraction of sp³-hybridized carbons (Fsp3) is 0.171. The Bertz CT molecular complexity index is 2100. The number of carbonyl (C=O) groups excluding carboxylic acids is 1. The lowest BCUT2D eigenvalue weighted by Gasteiger charge is -2.47. The van der Waals surface area contributed by atoms with E-state index in [0.717, 1.165) is 28.1 Å². The number of phenols is 2. The van der Waals surface area contributed by atoms with Crippen LogP contribution in [0.4, 0.5) is 11.4 Å². The molecule has 1 atom stereocenters. The number of rotatable bonds is 8. The molecule has 12 nitrogen and oxygen atoms in total. The van der Waals surface area contributed by atoms with Gasteiger partial charge in [-0.2, -0.15) is 0 Å². The van der Waals surface area contributed by atoms with E-state index in [1.807, 2.05) is 93.6 Å². The second kappa shape index (κ2) is 11.6. The summed E-state index contributed by atoms with van der Waals surface area (Å²) in [5.41, 5.74) is 6.62. The molecule has 6 aromatic rings. The molecule has 1 amide bonds. The van der Waals surface area contributed by atoms with Crippen LogP contribution in [0.25, 0.3) is 11.4 Å². The van der Waals surface area contributed by atoms with Gasteiger partial charge in [-0.1, -0.05) is 46.8 Å². The van der Waals surface area contributed by atoms with Crippen molar-refractivity contribution in [1.29, 1.82) is 0 Å². The largest absolute Gasteiger partial charge is 0.506 e. The molecule has 1 aliphatic rings. The number of fused-ring (bicyclic) bond motifs is 1. The van der Waals surface area contributed by atoms with E-state index in [4.69, 9.17) is 0 Å². The fourth-order valence-electron chi connectivity index (χ4n) is 5.86. The first-order chi connectivity index (χ1) is 22.7. The molecule has 0 saturated heterocycles. The average molecular weight is 628 g/mol. The Labute approximate surface area is 270 Å². The maximum Gasteiger partial charge on any atom is 0.255 e. The van der Waals surface area contributed by atoms with Gasteiger partial charge >= 0.3 is 0 Å². The molecule has 0 aliphatic carbocycles. The summed E-state index contributed by atoms with van der Waals surface area (Å²) in [6.07, 6.45) is 3.57. The van der Waals surface area contributed by atoms with E-state index >= 15 is 0 Å². The SMILES string of the molecule is Cc1ccc(O)c(-n2cc(CNc3ccc(C4(C)NC(=O)c5ccccc5N4Cc4cn(-c5cc(C)ccc5O)nn4)cc3)nn2)c1. The van der Waals surface area contributed by atoms with E-state index in [1.165, 1.54) is 0 Å². The van der Waals surface area contributed by atoms with Crippen molar-refractivity contribution in [3.05, 3.63) is 131 Å². The fourth-order valence-corrected chi connectivity index (χ4v) is 5.86. The Morgan fingerprint density at radius 1 is 0.766 bits per heavy atom. The Morgan fingerprint density at radius 3 is 2.02 bits per heavy atom. The summed E-state index contributed by atoms with van der Waals surface area (Å²) >= 11 is 0. The number of para-hydroxylation sites is 1. The van der Waals surface area contributed by atoms with E-state index < -0.39 is 5.66 Å². The number of phenolic OH excluding ortho intramolecular Hbond substituents is 2. The molecular formula is C35H33N9O3. The van der Waals surface area contributed by atoms with Gasteiger partial charge < -0.3 is 25.7 Å². The molecule has 0 saturated carbocycles. The Morgan fingerprint density at radius 2 is 1.36 bits per heavy atom. The van der Waals surface area contributed by atoms with Gasteiger partial charge in [-0.25, -0.2) is 9.36 Å². The number of nitrogens with one attached hydrogen (secondary N) is 2. The molecule has 236 valence electrons. The molecule has 4 N–H and O–H groups in total. The Balaban J connectivity index is 1.13. The molecule has 12 heteroatoms. The quantitative estimate of drug-likeness (QED) is 0.181. The zero-order chi connectivity index (χ0) is 32.7. The van der Waals surface area contributed by atoms with Crippen LogP contribution in [0, 0.1) is 13.8 Å². The highest BCUT2D eigenvalue weighted by Crippen LogP contribution is 2.39. The molecule has 47 heavy (non-hydrogen) atoms. The minimum atomic E-state index is -0.919. The Hall–Kier alpha value is -6.17. The number of nitrogens with zero attached hydrogens (tertiary/aromatic N) is 7. The van der Waals surface area contributed by atoms with Crippen molar-refractivity contribution in [2.24, 2.45) is 0 Å². The lowest BCUT2D eigenvalue weighted by atomic mass is 9.93. The topological polar surface area (TPSA) is 146 Å². The van der Waals surface area contributed by atoms with Crippen LogP contribution < -0.4 is 15.5 Å². The van der Waals surface area contributed by atoms with Crippen LogP contribution in [0.1, 0.15) is 45.4 Å². The van der Waals surface area contributed by atoms with Crippen LogP contribution in [0.5, 0.6) is 11.5 Å². The summed E-state index contributed by atoms with van der Waals surface area (Å²) in [6, 6.07) is 26.0. The zero-order valence-electron chi connectivity index (χ0n) is 26.1. The average Bonchev–Trinajstić information content (AvgIpc) is 3.75. The third kappa shape index (κ3) is 5.61. The van der Waals surface area contributed by atoms with Gasteiger partial charge in [0.05, 0.1) is 36.7 Å². The molecule has 0 spiro atoms.